The van der Waals surface area contributed by atoms with Crippen LogP contribution in [0.1, 0.15) is 0 Å². The second-order valence-corrected chi connectivity index (χ2v) is 6.77. The smallest absolute Gasteiger partial charge is 0.166 e. The molecule has 0 radical (unpaired) electrons. The predicted octanol–water partition coefficient (Wildman–Crippen LogP) is 4.33. The van der Waals surface area contributed by atoms with Gasteiger partial charge in [-0.15, -0.1) is 0 Å². The van der Waals surface area contributed by atoms with E-state index in [-0.39, 0.29) is 17.3 Å². The van der Waals surface area contributed by atoms with Crippen molar-refractivity contribution < 1.29 is 14.6 Å². The highest BCUT2D eigenvalue weighted by atomic mass is 32.2. The summed E-state index contributed by atoms with van der Waals surface area (Å²) in [6, 6.07) is 20.4. The molecule has 0 bridgehead atoms. The lowest BCUT2D eigenvalue weighted by molar-refractivity contribution is 0.474. The first kappa shape index (κ1) is 14.5. The average molecular weight is 313 g/mol. The van der Waals surface area contributed by atoms with Crippen LogP contribution in [-0.2, 0) is 10.9 Å². The van der Waals surface area contributed by atoms with Gasteiger partial charge in [-0.1, -0.05) is 0 Å². The molecule has 0 heterocycles. The maximum absolute atomic E-state index is 13.2. The molecule has 0 unspecified atom stereocenters. The maximum atomic E-state index is 13.2. The molecule has 0 saturated heterocycles. The van der Waals surface area contributed by atoms with Crippen LogP contribution >= 0.6 is 0 Å². The highest BCUT2D eigenvalue weighted by molar-refractivity contribution is 7.97. The van der Waals surface area contributed by atoms with Crippen molar-refractivity contribution in [3.05, 3.63) is 78.6 Å². The molecule has 0 aliphatic heterocycles. The fourth-order valence-corrected chi connectivity index (χ4v) is 4.18. The van der Waals surface area contributed by atoms with Gasteiger partial charge in [-0.2, -0.15) is 0 Å². The van der Waals surface area contributed by atoms with Gasteiger partial charge in [0.1, 0.15) is 17.3 Å². The zero-order valence-electron chi connectivity index (χ0n) is 11.6. The zero-order valence-corrected chi connectivity index (χ0v) is 12.4. The Kier molecular flexibility index (Phi) is 4.02. The molecular weight excluding hydrogens is 299 g/mol. The van der Waals surface area contributed by atoms with Crippen molar-refractivity contribution >= 4 is 10.9 Å². The van der Waals surface area contributed by atoms with Gasteiger partial charge in [-0.05, 0) is 72.8 Å². The Morgan fingerprint density at radius 2 is 0.864 bits per heavy atom. The normalized spacial score (nSPS) is 10.8. The van der Waals surface area contributed by atoms with E-state index in [0.29, 0.717) is 0 Å². The number of halogens is 1. The molecule has 0 aliphatic rings. The first-order chi connectivity index (χ1) is 10.6. The van der Waals surface area contributed by atoms with Crippen molar-refractivity contribution in [2.45, 2.75) is 14.7 Å². The molecule has 2 nitrogen and oxygen atoms in total. The van der Waals surface area contributed by atoms with Crippen molar-refractivity contribution in [1.82, 2.24) is 0 Å². The molecule has 2 N–H and O–H groups in total. The lowest BCUT2D eigenvalue weighted by Crippen LogP contribution is -2.04. The molecule has 0 fully saturated rings. The molecule has 22 heavy (non-hydrogen) atoms. The third kappa shape index (κ3) is 3.07. The Morgan fingerprint density at radius 3 is 1.23 bits per heavy atom. The third-order valence-electron chi connectivity index (χ3n) is 3.19. The number of rotatable bonds is 3. The molecule has 4 heteroatoms. The topological polar surface area (TPSA) is 40.5 Å². The van der Waals surface area contributed by atoms with E-state index >= 15 is 0 Å². The van der Waals surface area contributed by atoms with Crippen LogP contribution in [0.25, 0.3) is 0 Å². The molecule has 3 aromatic rings. The van der Waals surface area contributed by atoms with Crippen LogP contribution in [0, 0.1) is 5.82 Å². The van der Waals surface area contributed by atoms with Crippen molar-refractivity contribution in [2.24, 2.45) is 0 Å². The lowest BCUT2D eigenvalue weighted by atomic mass is 10.3. The summed E-state index contributed by atoms with van der Waals surface area (Å²) in [7, 11) is -0.428. The SMILES string of the molecule is Oc1ccc([S+](c2ccc(O)cc2)c2ccc(F)cc2)cc1. The number of benzene rings is 3. The summed E-state index contributed by atoms with van der Waals surface area (Å²) < 4.78 is 13.2. The van der Waals surface area contributed by atoms with E-state index in [2.05, 4.69) is 0 Å². The highest BCUT2D eigenvalue weighted by Gasteiger charge is 2.28. The van der Waals surface area contributed by atoms with Crippen molar-refractivity contribution in [2.75, 3.05) is 0 Å². The van der Waals surface area contributed by atoms with Gasteiger partial charge in [0.15, 0.2) is 14.7 Å². The molecule has 0 spiro atoms. The Balaban J connectivity index is 2.10. The van der Waals surface area contributed by atoms with Gasteiger partial charge in [0.05, 0.1) is 10.9 Å². The van der Waals surface area contributed by atoms with E-state index in [9.17, 15) is 14.6 Å². The quantitative estimate of drug-likeness (QED) is 0.707. The van der Waals surface area contributed by atoms with Crippen LogP contribution in [0.3, 0.4) is 0 Å². The standard InChI is InChI=1S/C18H13FO2S/c19-13-1-7-16(8-2-13)22(17-9-3-14(20)4-10-17)18-11-5-15(21)6-12-18/h1-12H,(H-,20,21)/p+1. The largest absolute Gasteiger partial charge is 0.508 e. The summed E-state index contributed by atoms with van der Waals surface area (Å²) in [6.07, 6.45) is 0. The van der Waals surface area contributed by atoms with Gasteiger partial charge in [-0.25, -0.2) is 4.39 Å². The summed E-state index contributed by atoms with van der Waals surface area (Å²) in [5.41, 5.74) is 0. The third-order valence-corrected chi connectivity index (χ3v) is 5.42. The maximum Gasteiger partial charge on any atom is 0.166 e. The number of phenols is 2. The lowest BCUT2D eigenvalue weighted by Gasteiger charge is -2.08. The second-order valence-electron chi connectivity index (χ2n) is 4.75. The summed E-state index contributed by atoms with van der Waals surface area (Å²) in [4.78, 5) is 2.99. The van der Waals surface area contributed by atoms with E-state index in [4.69, 9.17) is 0 Å². The van der Waals surface area contributed by atoms with Gasteiger partial charge in [0.2, 0.25) is 0 Å². The van der Waals surface area contributed by atoms with Crippen LogP contribution in [0.15, 0.2) is 87.5 Å². The van der Waals surface area contributed by atoms with E-state index in [1.807, 2.05) is 24.3 Å². The fraction of sp³-hybridized carbons (Fsp3) is 0. The molecule has 0 atom stereocenters. The first-order valence-corrected chi connectivity index (χ1v) is 7.94. The summed E-state index contributed by atoms with van der Waals surface area (Å²) in [5.74, 6) is 0.137. The van der Waals surface area contributed by atoms with Gasteiger partial charge in [0.25, 0.3) is 0 Å². The molecule has 3 rings (SSSR count). The molecule has 110 valence electrons. The Bertz CT molecular complexity index is 644. The molecule has 0 amide bonds. The minimum absolute atomic E-state index is 0.206. The number of hydrogen-bond donors (Lipinski definition) is 2. The summed E-state index contributed by atoms with van der Waals surface area (Å²) >= 11 is 0. The van der Waals surface area contributed by atoms with Gasteiger partial charge in [-0.3, -0.25) is 0 Å². The van der Waals surface area contributed by atoms with Crippen LogP contribution in [0.2, 0.25) is 0 Å². The zero-order chi connectivity index (χ0) is 15.5. The van der Waals surface area contributed by atoms with E-state index in [1.54, 1.807) is 36.4 Å². The minimum atomic E-state index is -0.428. The number of aromatic hydroxyl groups is 2. The van der Waals surface area contributed by atoms with E-state index < -0.39 is 10.9 Å². The second kappa shape index (κ2) is 6.12. The highest BCUT2D eigenvalue weighted by Crippen LogP contribution is 2.32. The van der Waals surface area contributed by atoms with Gasteiger partial charge < -0.3 is 10.2 Å². The minimum Gasteiger partial charge on any atom is -0.508 e. The molecule has 3 aromatic carbocycles. The van der Waals surface area contributed by atoms with Crippen LogP contribution in [0.5, 0.6) is 11.5 Å². The summed E-state index contributed by atoms with van der Waals surface area (Å²) in [6.45, 7) is 0. The average Bonchev–Trinajstić information content (AvgIpc) is 2.53. The van der Waals surface area contributed by atoms with Crippen LogP contribution < -0.4 is 0 Å². The monoisotopic (exact) mass is 313 g/mol. The van der Waals surface area contributed by atoms with Crippen LogP contribution in [0.4, 0.5) is 4.39 Å². The number of hydrogen-bond acceptors (Lipinski definition) is 2. The number of phenolic OH excluding ortho intramolecular Hbond substituents is 2. The van der Waals surface area contributed by atoms with Crippen molar-refractivity contribution in [3.8, 4) is 11.5 Å². The van der Waals surface area contributed by atoms with Crippen LogP contribution in [-0.4, -0.2) is 10.2 Å². The molecular formula is C18H14FO2S+. The first-order valence-electron chi connectivity index (χ1n) is 6.71. The van der Waals surface area contributed by atoms with Crippen molar-refractivity contribution in [1.29, 1.82) is 0 Å². The Labute approximate surface area is 130 Å². The molecule has 0 aromatic heterocycles. The van der Waals surface area contributed by atoms with E-state index in [1.165, 1.54) is 12.1 Å². The van der Waals surface area contributed by atoms with Gasteiger partial charge in [0, 0.05) is 0 Å². The summed E-state index contributed by atoms with van der Waals surface area (Å²) in [5, 5.41) is 18.9. The Hall–Kier alpha value is -2.46. The fourth-order valence-electron chi connectivity index (χ4n) is 2.14. The molecule has 0 aliphatic carbocycles. The predicted molar refractivity (Wildman–Crippen MR) is 84.8 cm³/mol. The van der Waals surface area contributed by atoms with Crippen molar-refractivity contribution in [3.63, 3.8) is 0 Å². The van der Waals surface area contributed by atoms with Gasteiger partial charge >= 0.3 is 0 Å². The Morgan fingerprint density at radius 1 is 0.545 bits per heavy atom. The van der Waals surface area contributed by atoms with E-state index in [0.717, 1.165) is 14.7 Å². The molecule has 0 saturated carbocycles.